The van der Waals surface area contributed by atoms with Gasteiger partial charge in [0.05, 0.1) is 9.79 Å². The zero-order valence-corrected chi connectivity index (χ0v) is 60.0. The summed E-state index contributed by atoms with van der Waals surface area (Å²) >= 11 is 0. The number of nitrogens with zero attached hydrogens (tertiary/aromatic N) is 4. The summed E-state index contributed by atoms with van der Waals surface area (Å²) in [6.07, 6.45) is -2.58. The first-order valence-electron chi connectivity index (χ1n) is 34.3. The van der Waals surface area contributed by atoms with Crippen molar-refractivity contribution in [3.05, 3.63) is 145 Å². The molecule has 0 aliphatic carbocycles. The Hall–Kier alpha value is -10.0. The minimum Gasteiger partial charge on any atom is -0.480 e. The highest BCUT2D eigenvalue weighted by atomic mass is 32.2. The normalized spacial score (nSPS) is 17.1. The van der Waals surface area contributed by atoms with Gasteiger partial charge >= 0.3 is 24.1 Å². The second-order valence-electron chi connectivity index (χ2n) is 26.0. The molecule has 0 radical (unpaired) electrons. The van der Waals surface area contributed by atoms with Gasteiger partial charge in [0.15, 0.2) is 12.1 Å². The number of anilines is 2. The van der Waals surface area contributed by atoms with Crippen LogP contribution in [0.15, 0.2) is 143 Å². The quantitative estimate of drug-likeness (QED) is 0.0191. The van der Waals surface area contributed by atoms with E-state index in [1.807, 2.05) is 62.3 Å². The van der Waals surface area contributed by atoms with E-state index in [-0.39, 0.29) is 87.1 Å². The van der Waals surface area contributed by atoms with Crippen molar-refractivity contribution in [3.63, 3.8) is 0 Å². The number of carbonyl (C=O) groups is 10. The molecule has 2 aliphatic rings. The number of benzene rings is 6. The molecule has 8 N–H and O–H groups in total. The monoisotopic (exact) mass is 1460 g/mol. The number of ether oxygens (including phenoxy) is 2. The molecule has 0 saturated carbocycles. The summed E-state index contributed by atoms with van der Waals surface area (Å²) in [6.45, 7) is 2.63. The number of carboxylic acids is 2. The molecule has 30 heteroatoms. The van der Waals surface area contributed by atoms with E-state index in [1.54, 1.807) is 97.1 Å². The minimum absolute atomic E-state index is 0.0500. The highest BCUT2D eigenvalue weighted by Gasteiger charge is 2.51. The highest BCUT2D eigenvalue weighted by molar-refractivity contribution is 7.90. The average Bonchev–Trinajstić information content (AvgIpc) is 1.18. The molecule has 6 aromatic rings. The maximum absolute atomic E-state index is 14.5. The van der Waals surface area contributed by atoms with Crippen LogP contribution in [0.3, 0.4) is 0 Å². The molecule has 8 rings (SSSR count). The van der Waals surface area contributed by atoms with Crippen LogP contribution < -0.4 is 40.5 Å². The van der Waals surface area contributed by atoms with Crippen LogP contribution in [0.5, 0.6) is 0 Å². The summed E-state index contributed by atoms with van der Waals surface area (Å²) in [4.78, 5) is 141. The Morgan fingerprint density at radius 2 is 0.786 bits per heavy atom. The molecular weight excluding hydrogens is 1370 g/mol. The highest BCUT2D eigenvalue weighted by Crippen LogP contribution is 2.33. The molecular formula is C73H90N10O18S2. The van der Waals surface area contributed by atoms with E-state index >= 15 is 0 Å². The Bertz CT molecular complexity index is 4030. The molecule has 103 heavy (non-hydrogen) atoms. The smallest absolute Gasteiger partial charge is 0.417 e. The number of nitrogens with one attached hydrogen (secondary N) is 6. The van der Waals surface area contributed by atoms with Crippen molar-refractivity contribution >= 4 is 113 Å². The number of hydrogen-bond donors (Lipinski definition) is 8. The van der Waals surface area contributed by atoms with E-state index in [4.69, 9.17) is 9.47 Å². The molecule has 552 valence electrons. The SMILES string of the molecule is C[C@@H]1OC(=O)N(C(=O)[C@H](Cc2ccccc2)NC(=O)CCCCCCCC(=O)N[C@@H](Cc2ccccc2)C(=O)N2C(=O)O[C@@H](C)[C@@H]2C(=O)N[C@@H](CCCCNS(=O)(=O)c2cccc3c(N(C)C)cccc23)C(=O)O)[C@H]1C(=O)N[C@@H](CCCCNS(=O)(=O)c1cccc2c(N(C)C)cccc12)C(=O)O. The summed E-state index contributed by atoms with van der Waals surface area (Å²) < 4.78 is 69.8. The summed E-state index contributed by atoms with van der Waals surface area (Å²) in [5.74, 6) is -7.91. The topological polar surface area (TPSA) is 383 Å². The van der Waals surface area contributed by atoms with Crippen molar-refractivity contribution in [1.82, 2.24) is 40.5 Å². The number of imide groups is 2. The molecule has 2 heterocycles. The summed E-state index contributed by atoms with van der Waals surface area (Å²) in [5, 5.41) is 33.2. The molecule has 2 aliphatic heterocycles. The van der Waals surface area contributed by atoms with Gasteiger partial charge < -0.3 is 50.8 Å². The first kappa shape index (κ1) is 78.7. The van der Waals surface area contributed by atoms with E-state index in [9.17, 15) is 75.0 Å². The lowest BCUT2D eigenvalue weighted by Crippen LogP contribution is -2.58. The van der Waals surface area contributed by atoms with E-state index in [1.165, 1.54) is 26.0 Å². The molecule has 8 atom stereocenters. The number of sulfonamides is 2. The summed E-state index contributed by atoms with van der Waals surface area (Å²) in [6, 6.07) is 28.8. The third-order valence-electron chi connectivity index (χ3n) is 18.0. The second-order valence-corrected chi connectivity index (χ2v) is 29.5. The van der Waals surface area contributed by atoms with Crippen LogP contribution in [-0.2, 0) is 80.7 Å². The van der Waals surface area contributed by atoms with E-state index in [0.29, 0.717) is 63.8 Å². The maximum atomic E-state index is 14.5. The summed E-state index contributed by atoms with van der Waals surface area (Å²) in [7, 11) is -0.589. The number of cyclic esters (lactones) is 2. The molecule has 0 spiro atoms. The van der Waals surface area contributed by atoms with Crippen molar-refractivity contribution in [2.24, 2.45) is 0 Å². The maximum Gasteiger partial charge on any atom is 0.417 e. The number of amides is 8. The molecule has 2 fully saturated rings. The van der Waals surface area contributed by atoms with Gasteiger partial charge in [-0.2, -0.15) is 0 Å². The number of carboxylic acid groups (broad SMARTS) is 2. The van der Waals surface area contributed by atoms with Gasteiger partial charge in [-0.1, -0.05) is 128 Å². The molecule has 2 saturated heterocycles. The first-order valence-corrected chi connectivity index (χ1v) is 37.2. The lowest BCUT2D eigenvalue weighted by molar-refractivity contribution is -0.144. The van der Waals surface area contributed by atoms with Gasteiger partial charge in [0.2, 0.25) is 43.7 Å². The number of aliphatic carboxylic acids is 2. The van der Waals surface area contributed by atoms with E-state index in [2.05, 4.69) is 30.7 Å². The molecule has 8 amide bonds. The van der Waals surface area contributed by atoms with Crippen LogP contribution in [0.4, 0.5) is 21.0 Å². The number of carbonyl (C=O) groups excluding carboxylic acids is 8. The van der Waals surface area contributed by atoms with Crippen molar-refractivity contribution in [2.75, 3.05) is 51.1 Å². The number of rotatable bonds is 38. The van der Waals surface area contributed by atoms with Gasteiger partial charge in [-0.15, -0.1) is 0 Å². The Balaban J connectivity index is 0.799. The van der Waals surface area contributed by atoms with Crippen LogP contribution in [0.25, 0.3) is 21.5 Å². The Morgan fingerprint density at radius 1 is 0.437 bits per heavy atom. The van der Waals surface area contributed by atoms with E-state index in [0.717, 1.165) is 22.1 Å². The zero-order valence-electron chi connectivity index (χ0n) is 58.4. The molecule has 0 unspecified atom stereocenters. The molecule has 0 bridgehead atoms. The Morgan fingerprint density at radius 3 is 1.15 bits per heavy atom. The first-order chi connectivity index (χ1) is 49.1. The fourth-order valence-corrected chi connectivity index (χ4v) is 15.3. The van der Waals surface area contributed by atoms with Gasteiger partial charge in [0.25, 0.3) is 11.8 Å². The van der Waals surface area contributed by atoms with Crippen molar-refractivity contribution in [1.29, 1.82) is 0 Å². The van der Waals surface area contributed by atoms with Crippen LogP contribution in [0.1, 0.15) is 108 Å². The predicted molar refractivity (Wildman–Crippen MR) is 383 cm³/mol. The fourth-order valence-electron chi connectivity index (χ4n) is 12.7. The van der Waals surface area contributed by atoms with Crippen molar-refractivity contribution in [2.45, 2.75) is 168 Å². The third kappa shape index (κ3) is 20.6. The zero-order chi connectivity index (χ0) is 74.7. The van der Waals surface area contributed by atoms with Crippen LogP contribution in [0.2, 0.25) is 0 Å². The van der Waals surface area contributed by atoms with Gasteiger partial charge in [0.1, 0.15) is 36.4 Å². The van der Waals surface area contributed by atoms with Gasteiger partial charge in [-0.25, -0.2) is 55.3 Å². The standard InChI is InChI=1S/C73H90N10O18S2/c1-46-64(66(86)78-54(70(90)91)34-18-20-42-74-102(96,97)60-38-24-30-50-52(60)32-22-36-58(50)80(3)4)82(72(94)100-46)68(88)56(44-48-26-12-10-13-27-48)76-62(84)40-16-8-7-9-17-41-63(85)77-57(45-49-28-14-11-15-29-49)69(89)83-65(47(2)101-73(83)95)67(87)79-55(71(92)93)35-19-21-43-75-103(98,99)61-39-25-31-51-53(61)33-23-37-59(51)81(5)6/h10-15,22-33,36-39,46-47,54-57,64-65,74-75H,7-9,16-21,34-35,40-45H2,1-6H3,(H,76,84)(H,77,85)(H,78,86)(H,79,87)(H,90,91)(H,92,93)/t46-,47-,54-,55-,56-,57-,64+,65+/m0/s1. The number of hydrogen-bond acceptors (Lipinski definition) is 18. The third-order valence-corrected chi connectivity index (χ3v) is 21.0. The van der Waals surface area contributed by atoms with Crippen molar-refractivity contribution < 1.29 is 84.5 Å². The molecule has 28 nitrogen and oxygen atoms in total. The number of unbranched alkanes of at least 4 members (excludes halogenated alkanes) is 6. The number of fused-ring (bicyclic) bond motifs is 2. The minimum atomic E-state index is -4.00. The van der Waals surface area contributed by atoms with Crippen LogP contribution >= 0.6 is 0 Å². The Kier molecular flexibility index (Phi) is 27.7. The lowest BCUT2D eigenvalue weighted by atomic mass is 10.0. The van der Waals surface area contributed by atoms with Gasteiger partial charge in [-0.3, -0.25) is 28.8 Å². The average molecular weight is 1460 g/mol. The molecule has 6 aromatic carbocycles. The lowest BCUT2D eigenvalue weighted by Gasteiger charge is -2.27. The van der Waals surface area contributed by atoms with E-state index < -0.39 is 128 Å². The van der Waals surface area contributed by atoms with Gasteiger partial charge in [0, 0.05) is 99.9 Å². The summed E-state index contributed by atoms with van der Waals surface area (Å²) in [5.41, 5.74) is 2.86. The molecule has 0 aromatic heterocycles. The fraction of sp³-hybridized carbons (Fsp3) is 0.425. The van der Waals surface area contributed by atoms with Crippen molar-refractivity contribution in [3.8, 4) is 0 Å². The van der Waals surface area contributed by atoms with Crippen LogP contribution in [-0.4, -0.2) is 186 Å². The Labute approximate surface area is 598 Å². The van der Waals surface area contributed by atoms with Gasteiger partial charge in [-0.05, 0) is 101 Å². The predicted octanol–water partition coefficient (Wildman–Crippen LogP) is 6.52. The van der Waals surface area contributed by atoms with Crippen LogP contribution in [0, 0.1) is 0 Å². The second kappa shape index (κ2) is 36.2. The largest absolute Gasteiger partial charge is 0.480 e.